The highest BCUT2D eigenvalue weighted by atomic mass is 16.6. The molecule has 1 aromatic rings. The van der Waals surface area contributed by atoms with Gasteiger partial charge in [0.1, 0.15) is 6.61 Å². The Hall–Kier alpha value is -1.35. The molecule has 3 heteroatoms. The van der Waals surface area contributed by atoms with E-state index < -0.39 is 0 Å². The van der Waals surface area contributed by atoms with Crippen LogP contribution in [0.15, 0.2) is 24.3 Å². The lowest BCUT2D eigenvalue weighted by atomic mass is 9.99. The molecular weight excluding hydrogens is 240 g/mol. The zero-order chi connectivity index (χ0) is 14.3. The van der Waals surface area contributed by atoms with Gasteiger partial charge in [-0.15, -0.1) is 0 Å². The molecule has 0 atom stereocenters. The SMILES string of the molecule is CCc1cccc(C(=O)OCCOCC(C)(C)C)c1. The fourth-order valence-electron chi connectivity index (χ4n) is 1.57. The first-order valence-corrected chi connectivity index (χ1v) is 6.76. The maximum atomic E-state index is 11.8. The van der Waals surface area contributed by atoms with Crippen LogP contribution in [0, 0.1) is 5.41 Å². The van der Waals surface area contributed by atoms with Crippen molar-refractivity contribution in [3.05, 3.63) is 35.4 Å². The van der Waals surface area contributed by atoms with Crippen LogP contribution in [0.4, 0.5) is 0 Å². The van der Waals surface area contributed by atoms with Crippen molar-refractivity contribution >= 4 is 5.97 Å². The average molecular weight is 264 g/mol. The molecule has 0 spiro atoms. The Morgan fingerprint density at radius 3 is 2.58 bits per heavy atom. The highest BCUT2D eigenvalue weighted by Crippen LogP contribution is 2.12. The van der Waals surface area contributed by atoms with Gasteiger partial charge in [0.15, 0.2) is 0 Å². The standard InChI is InChI=1S/C16H24O3/c1-5-13-7-6-8-14(11-13)15(17)19-10-9-18-12-16(2,3)4/h6-8,11H,5,9-10,12H2,1-4H3. The minimum atomic E-state index is -0.283. The van der Waals surface area contributed by atoms with E-state index in [9.17, 15) is 4.79 Å². The lowest BCUT2D eigenvalue weighted by molar-refractivity contribution is 0.0179. The highest BCUT2D eigenvalue weighted by molar-refractivity contribution is 5.89. The molecule has 0 fully saturated rings. The van der Waals surface area contributed by atoms with E-state index >= 15 is 0 Å². The monoisotopic (exact) mass is 264 g/mol. The van der Waals surface area contributed by atoms with Gasteiger partial charge < -0.3 is 9.47 Å². The quantitative estimate of drug-likeness (QED) is 0.583. The number of hydrogen-bond donors (Lipinski definition) is 0. The predicted octanol–water partition coefficient (Wildman–Crippen LogP) is 3.47. The van der Waals surface area contributed by atoms with Crippen LogP contribution in [0.5, 0.6) is 0 Å². The van der Waals surface area contributed by atoms with Crippen LogP contribution in [0.25, 0.3) is 0 Å². The first-order valence-electron chi connectivity index (χ1n) is 6.76. The van der Waals surface area contributed by atoms with Crippen LogP contribution >= 0.6 is 0 Å². The molecule has 0 saturated heterocycles. The third kappa shape index (κ3) is 6.39. The van der Waals surface area contributed by atoms with Crippen LogP contribution in [-0.4, -0.2) is 25.8 Å². The molecule has 0 heterocycles. The van der Waals surface area contributed by atoms with Crippen molar-refractivity contribution in [3.63, 3.8) is 0 Å². The van der Waals surface area contributed by atoms with Gasteiger partial charge in [-0.05, 0) is 29.5 Å². The molecule has 0 saturated carbocycles. The smallest absolute Gasteiger partial charge is 0.338 e. The van der Waals surface area contributed by atoms with Gasteiger partial charge in [0.2, 0.25) is 0 Å². The molecule has 0 aliphatic rings. The Labute approximate surface area is 115 Å². The average Bonchev–Trinajstić information content (AvgIpc) is 2.37. The van der Waals surface area contributed by atoms with Crippen molar-refractivity contribution in [2.24, 2.45) is 5.41 Å². The van der Waals surface area contributed by atoms with Gasteiger partial charge in [0.25, 0.3) is 0 Å². The van der Waals surface area contributed by atoms with Crippen molar-refractivity contribution in [3.8, 4) is 0 Å². The maximum absolute atomic E-state index is 11.8. The third-order valence-electron chi connectivity index (χ3n) is 2.57. The zero-order valence-electron chi connectivity index (χ0n) is 12.4. The number of rotatable bonds is 6. The van der Waals surface area contributed by atoms with E-state index in [2.05, 4.69) is 27.7 Å². The molecule has 0 aliphatic heterocycles. The van der Waals surface area contributed by atoms with Crippen molar-refractivity contribution in [2.75, 3.05) is 19.8 Å². The van der Waals surface area contributed by atoms with Crippen molar-refractivity contribution in [2.45, 2.75) is 34.1 Å². The number of aryl methyl sites for hydroxylation is 1. The van der Waals surface area contributed by atoms with E-state index in [1.807, 2.05) is 18.2 Å². The Kier molecular flexibility index (Phi) is 6.03. The largest absolute Gasteiger partial charge is 0.460 e. The third-order valence-corrected chi connectivity index (χ3v) is 2.57. The number of ether oxygens (including phenoxy) is 2. The van der Waals surface area contributed by atoms with Crippen LogP contribution in [-0.2, 0) is 15.9 Å². The van der Waals surface area contributed by atoms with E-state index in [-0.39, 0.29) is 11.4 Å². The van der Waals surface area contributed by atoms with E-state index in [1.165, 1.54) is 0 Å². The molecule has 0 unspecified atom stereocenters. The van der Waals surface area contributed by atoms with E-state index in [1.54, 1.807) is 6.07 Å². The second-order valence-corrected chi connectivity index (χ2v) is 5.80. The number of carbonyl (C=O) groups excluding carboxylic acids is 1. The molecule has 0 aliphatic carbocycles. The summed E-state index contributed by atoms with van der Waals surface area (Å²) in [6, 6.07) is 7.53. The normalized spacial score (nSPS) is 11.4. The van der Waals surface area contributed by atoms with E-state index in [0.29, 0.717) is 25.4 Å². The fourth-order valence-corrected chi connectivity index (χ4v) is 1.57. The van der Waals surface area contributed by atoms with Crippen molar-refractivity contribution in [1.29, 1.82) is 0 Å². The van der Waals surface area contributed by atoms with Gasteiger partial charge in [0, 0.05) is 0 Å². The number of benzene rings is 1. The summed E-state index contributed by atoms with van der Waals surface area (Å²) in [6.45, 7) is 9.78. The van der Waals surface area contributed by atoms with Gasteiger partial charge in [-0.1, -0.05) is 39.8 Å². The van der Waals surface area contributed by atoms with Gasteiger partial charge in [0.05, 0.1) is 18.8 Å². The molecule has 0 N–H and O–H groups in total. The fraction of sp³-hybridized carbons (Fsp3) is 0.562. The zero-order valence-corrected chi connectivity index (χ0v) is 12.4. The van der Waals surface area contributed by atoms with Crippen molar-refractivity contribution < 1.29 is 14.3 Å². The molecule has 19 heavy (non-hydrogen) atoms. The number of carbonyl (C=O) groups is 1. The summed E-state index contributed by atoms with van der Waals surface area (Å²) in [7, 11) is 0. The van der Waals surface area contributed by atoms with E-state index in [4.69, 9.17) is 9.47 Å². The first kappa shape index (κ1) is 15.7. The van der Waals surface area contributed by atoms with Crippen LogP contribution in [0.2, 0.25) is 0 Å². The summed E-state index contributed by atoms with van der Waals surface area (Å²) in [4.78, 5) is 11.8. The molecule has 1 aromatic carbocycles. The Balaban J connectivity index is 2.31. The van der Waals surface area contributed by atoms with E-state index in [0.717, 1.165) is 12.0 Å². The number of esters is 1. The van der Waals surface area contributed by atoms with Gasteiger partial charge in [-0.3, -0.25) is 0 Å². The summed E-state index contributed by atoms with van der Waals surface area (Å²) in [5, 5.41) is 0. The predicted molar refractivity (Wildman–Crippen MR) is 76.4 cm³/mol. The highest BCUT2D eigenvalue weighted by Gasteiger charge is 2.10. The van der Waals surface area contributed by atoms with Gasteiger partial charge >= 0.3 is 5.97 Å². The minimum Gasteiger partial charge on any atom is -0.460 e. The van der Waals surface area contributed by atoms with Crippen LogP contribution < -0.4 is 0 Å². The molecule has 3 nitrogen and oxygen atoms in total. The molecule has 0 bridgehead atoms. The Morgan fingerprint density at radius 2 is 1.95 bits per heavy atom. The van der Waals surface area contributed by atoms with Crippen LogP contribution in [0.3, 0.4) is 0 Å². The molecular formula is C16H24O3. The lowest BCUT2D eigenvalue weighted by Crippen LogP contribution is -2.18. The molecule has 0 amide bonds. The lowest BCUT2D eigenvalue weighted by Gasteiger charge is -2.17. The minimum absolute atomic E-state index is 0.138. The second kappa shape index (κ2) is 7.29. The van der Waals surface area contributed by atoms with Gasteiger partial charge in [-0.25, -0.2) is 4.79 Å². The summed E-state index contributed by atoms with van der Waals surface area (Å²) in [5.74, 6) is -0.283. The van der Waals surface area contributed by atoms with Crippen molar-refractivity contribution in [1.82, 2.24) is 0 Å². The summed E-state index contributed by atoms with van der Waals surface area (Å²) >= 11 is 0. The Bertz CT molecular complexity index is 405. The summed E-state index contributed by atoms with van der Waals surface area (Å²) < 4.78 is 10.6. The summed E-state index contributed by atoms with van der Waals surface area (Å²) in [6.07, 6.45) is 0.913. The number of hydrogen-bond acceptors (Lipinski definition) is 3. The topological polar surface area (TPSA) is 35.5 Å². The summed E-state index contributed by atoms with van der Waals surface area (Å²) in [5.41, 5.74) is 1.88. The molecule has 0 aromatic heterocycles. The Morgan fingerprint density at radius 1 is 1.21 bits per heavy atom. The first-order chi connectivity index (χ1) is 8.92. The second-order valence-electron chi connectivity index (χ2n) is 5.80. The maximum Gasteiger partial charge on any atom is 0.338 e. The molecule has 1 rings (SSSR count). The van der Waals surface area contributed by atoms with Gasteiger partial charge in [-0.2, -0.15) is 0 Å². The molecule has 106 valence electrons. The van der Waals surface area contributed by atoms with Crippen LogP contribution in [0.1, 0.15) is 43.6 Å². The molecule has 0 radical (unpaired) electrons.